The van der Waals surface area contributed by atoms with E-state index in [-0.39, 0.29) is 6.04 Å². The molecule has 1 unspecified atom stereocenters. The molecule has 0 heterocycles. The number of halogens is 1. The molecule has 2 aromatic carbocycles. The monoisotopic (exact) mass is 349 g/mol. The highest BCUT2D eigenvalue weighted by Gasteiger charge is 2.06. The highest BCUT2D eigenvalue weighted by molar-refractivity contribution is 9.10. The Hall–Kier alpha value is -1.52. The van der Waals surface area contributed by atoms with Crippen LogP contribution in [0, 0.1) is 0 Å². The summed E-state index contributed by atoms with van der Waals surface area (Å²) in [5.74, 6) is 1.73. The lowest BCUT2D eigenvalue weighted by atomic mass is 10.1. The van der Waals surface area contributed by atoms with Crippen molar-refractivity contribution in [3.8, 4) is 11.5 Å². The van der Waals surface area contributed by atoms with Crippen LogP contribution in [0.4, 0.5) is 0 Å². The summed E-state index contributed by atoms with van der Waals surface area (Å²) in [7, 11) is 3.35. The molecule has 4 heteroatoms. The molecule has 1 N–H and O–H groups in total. The van der Waals surface area contributed by atoms with E-state index >= 15 is 0 Å². The summed E-state index contributed by atoms with van der Waals surface area (Å²) in [6, 6.07) is 14.5. The maximum atomic E-state index is 5.24. The van der Waals surface area contributed by atoms with E-state index < -0.39 is 0 Å². The lowest BCUT2D eigenvalue weighted by Gasteiger charge is -2.15. The maximum absolute atomic E-state index is 5.24. The number of rotatable bonds is 6. The normalized spacial score (nSPS) is 12.0. The average Bonchev–Trinajstić information content (AvgIpc) is 2.52. The van der Waals surface area contributed by atoms with Crippen LogP contribution in [-0.4, -0.2) is 14.2 Å². The van der Waals surface area contributed by atoms with Gasteiger partial charge in [0, 0.05) is 12.6 Å². The SMILES string of the molecule is COc1ccc(C(C)NCc2ccc(OC)c(Br)c2)cc1. The van der Waals surface area contributed by atoms with Crippen LogP contribution < -0.4 is 14.8 Å². The van der Waals surface area contributed by atoms with Gasteiger partial charge < -0.3 is 14.8 Å². The lowest BCUT2D eigenvalue weighted by Crippen LogP contribution is -2.18. The molecule has 1 atom stereocenters. The first-order valence-electron chi connectivity index (χ1n) is 6.83. The summed E-state index contributed by atoms with van der Waals surface area (Å²) < 4.78 is 11.4. The van der Waals surface area contributed by atoms with E-state index in [1.165, 1.54) is 11.1 Å². The molecule has 0 saturated heterocycles. The fourth-order valence-electron chi connectivity index (χ4n) is 2.10. The first-order valence-corrected chi connectivity index (χ1v) is 7.63. The fourth-order valence-corrected chi connectivity index (χ4v) is 2.69. The molecular formula is C17H20BrNO2. The van der Waals surface area contributed by atoms with E-state index in [9.17, 15) is 0 Å². The molecule has 0 fully saturated rings. The summed E-state index contributed by atoms with van der Waals surface area (Å²) >= 11 is 3.51. The van der Waals surface area contributed by atoms with Gasteiger partial charge in [-0.15, -0.1) is 0 Å². The molecule has 0 saturated carbocycles. The standard InChI is InChI=1S/C17H20BrNO2/c1-12(14-5-7-15(20-2)8-6-14)19-11-13-4-9-17(21-3)16(18)10-13/h4-10,12,19H,11H2,1-3H3. The molecule has 0 spiro atoms. The molecule has 0 radical (unpaired) electrons. The Labute approximate surface area is 134 Å². The Morgan fingerprint density at radius 2 is 1.76 bits per heavy atom. The van der Waals surface area contributed by atoms with Crippen molar-refractivity contribution in [2.45, 2.75) is 19.5 Å². The summed E-state index contributed by atoms with van der Waals surface area (Å²) in [6.45, 7) is 2.95. The first kappa shape index (κ1) is 15.9. The molecule has 21 heavy (non-hydrogen) atoms. The zero-order valence-corrected chi connectivity index (χ0v) is 14.1. The topological polar surface area (TPSA) is 30.5 Å². The van der Waals surface area contributed by atoms with Crippen LogP contribution in [0.3, 0.4) is 0 Å². The van der Waals surface area contributed by atoms with Gasteiger partial charge in [0.05, 0.1) is 18.7 Å². The van der Waals surface area contributed by atoms with Crippen molar-refractivity contribution in [3.05, 3.63) is 58.1 Å². The van der Waals surface area contributed by atoms with Gasteiger partial charge >= 0.3 is 0 Å². The van der Waals surface area contributed by atoms with Crippen LogP contribution in [0.1, 0.15) is 24.1 Å². The van der Waals surface area contributed by atoms with Gasteiger partial charge in [-0.1, -0.05) is 18.2 Å². The minimum Gasteiger partial charge on any atom is -0.497 e. The third kappa shape index (κ3) is 4.22. The third-order valence-electron chi connectivity index (χ3n) is 3.44. The minimum absolute atomic E-state index is 0.275. The summed E-state index contributed by atoms with van der Waals surface area (Å²) in [5.41, 5.74) is 2.45. The molecule has 0 aromatic heterocycles. The molecule has 2 aromatic rings. The highest BCUT2D eigenvalue weighted by Crippen LogP contribution is 2.26. The summed E-state index contributed by atoms with van der Waals surface area (Å²) in [4.78, 5) is 0. The van der Waals surface area contributed by atoms with E-state index in [4.69, 9.17) is 9.47 Å². The average molecular weight is 350 g/mol. The van der Waals surface area contributed by atoms with E-state index in [0.717, 1.165) is 22.5 Å². The van der Waals surface area contributed by atoms with Crippen molar-refractivity contribution in [1.82, 2.24) is 5.32 Å². The molecule has 2 rings (SSSR count). The Bertz CT molecular complexity index is 584. The molecule has 0 amide bonds. The number of benzene rings is 2. The maximum Gasteiger partial charge on any atom is 0.133 e. The van der Waals surface area contributed by atoms with Crippen LogP contribution in [0.15, 0.2) is 46.9 Å². The minimum atomic E-state index is 0.275. The number of hydrogen-bond donors (Lipinski definition) is 1. The van der Waals surface area contributed by atoms with E-state index in [1.807, 2.05) is 18.2 Å². The van der Waals surface area contributed by atoms with Gasteiger partial charge in [0.2, 0.25) is 0 Å². The van der Waals surface area contributed by atoms with Crippen molar-refractivity contribution in [2.75, 3.05) is 14.2 Å². The Morgan fingerprint density at radius 1 is 1.05 bits per heavy atom. The van der Waals surface area contributed by atoms with E-state index in [0.29, 0.717) is 0 Å². The Kier molecular flexibility index (Phi) is 5.65. The van der Waals surface area contributed by atoms with Gasteiger partial charge in [-0.3, -0.25) is 0 Å². The fraction of sp³-hybridized carbons (Fsp3) is 0.294. The van der Waals surface area contributed by atoms with Crippen LogP contribution in [0.2, 0.25) is 0 Å². The van der Waals surface area contributed by atoms with Gasteiger partial charge in [0.1, 0.15) is 11.5 Å². The number of methoxy groups -OCH3 is 2. The summed E-state index contributed by atoms with van der Waals surface area (Å²) in [5, 5.41) is 3.51. The third-order valence-corrected chi connectivity index (χ3v) is 4.06. The van der Waals surface area contributed by atoms with E-state index in [1.54, 1.807) is 14.2 Å². The number of ether oxygens (including phenoxy) is 2. The second kappa shape index (κ2) is 7.48. The Balaban J connectivity index is 1.96. The summed E-state index contributed by atoms with van der Waals surface area (Å²) in [6.07, 6.45) is 0. The molecular weight excluding hydrogens is 330 g/mol. The second-order valence-corrected chi connectivity index (χ2v) is 5.70. The van der Waals surface area contributed by atoms with Crippen molar-refractivity contribution < 1.29 is 9.47 Å². The van der Waals surface area contributed by atoms with Gasteiger partial charge in [-0.2, -0.15) is 0 Å². The molecule has 0 aliphatic carbocycles. The number of nitrogens with one attached hydrogen (secondary N) is 1. The van der Waals surface area contributed by atoms with Crippen molar-refractivity contribution in [3.63, 3.8) is 0 Å². The predicted octanol–water partition coefficient (Wildman–Crippen LogP) is 4.32. The Morgan fingerprint density at radius 3 is 2.33 bits per heavy atom. The largest absolute Gasteiger partial charge is 0.497 e. The predicted molar refractivity (Wildman–Crippen MR) is 88.9 cm³/mol. The van der Waals surface area contributed by atoms with Crippen LogP contribution in [-0.2, 0) is 6.54 Å². The van der Waals surface area contributed by atoms with Crippen molar-refractivity contribution in [2.24, 2.45) is 0 Å². The van der Waals surface area contributed by atoms with Gasteiger partial charge in [-0.05, 0) is 58.2 Å². The quantitative estimate of drug-likeness (QED) is 0.842. The highest BCUT2D eigenvalue weighted by atomic mass is 79.9. The van der Waals surface area contributed by atoms with Crippen LogP contribution in [0.5, 0.6) is 11.5 Å². The molecule has 0 aliphatic heterocycles. The van der Waals surface area contributed by atoms with Gasteiger partial charge in [-0.25, -0.2) is 0 Å². The van der Waals surface area contributed by atoms with Gasteiger partial charge in [0.25, 0.3) is 0 Å². The van der Waals surface area contributed by atoms with Crippen LogP contribution >= 0.6 is 15.9 Å². The molecule has 0 bridgehead atoms. The van der Waals surface area contributed by atoms with Crippen molar-refractivity contribution >= 4 is 15.9 Å². The zero-order valence-electron chi connectivity index (χ0n) is 12.5. The van der Waals surface area contributed by atoms with Crippen molar-refractivity contribution in [1.29, 1.82) is 0 Å². The number of hydrogen-bond acceptors (Lipinski definition) is 3. The zero-order chi connectivity index (χ0) is 15.2. The van der Waals surface area contributed by atoms with E-state index in [2.05, 4.69) is 52.4 Å². The molecule has 3 nitrogen and oxygen atoms in total. The molecule has 0 aliphatic rings. The smallest absolute Gasteiger partial charge is 0.133 e. The first-order chi connectivity index (χ1) is 10.1. The lowest BCUT2D eigenvalue weighted by molar-refractivity contribution is 0.412. The van der Waals surface area contributed by atoms with Gasteiger partial charge in [0.15, 0.2) is 0 Å². The van der Waals surface area contributed by atoms with Crippen LogP contribution in [0.25, 0.3) is 0 Å². The second-order valence-electron chi connectivity index (χ2n) is 4.84. The molecule has 112 valence electrons.